The van der Waals surface area contributed by atoms with E-state index < -0.39 is 0 Å². The summed E-state index contributed by atoms with van der Waals surface area (Å²) in [6, 6.07) is 5.75. The molecule has 1 aromatic heterocycles. The molecule has 1 aromatic carbocycles. The monoisotopic (exact) mass is 564 g/mol. The molecule has 2 saturated carbocycles. The maximum absolute atomic E-state index is 14.0. The van der Waals surface area contributed by atoms with E-state index in [4.69, 9.17) is 0 Å². The van der Waals surface area contributed by atoms with Crippen molar-refractivity contribution < 1.29 is 19.4 Å². The summed E-state index contributed by atoms with van der Waals surface area (Å²) in [4.78, 5) is 16.9. The van der Waals surface area contributed by atoms with Crippen LogP contribution in [0.4, 0.5) is 10.1 Å². The fraction of sp³-hybridized carbons (Fsp3) is 0.667. The molecule has 7 nitrogen and oxygen atoms in total. The van der Waals surface area contributed by atoms with Crippen molar-refractivity contribution >= 4 is 11.6 Å². The van der Waals surface area contributed by atoms with Crippen LogP contribution >= 0.6 is 0 Å². The lowest BCUT2D eigenvalue weighted by Crippen LogP contribution is -2.46. The number of hydrogen-bond donors (Lipinski definition) is 3. The van der Waals surface area contributed by atoms with Crippen LogP contribution in [0.15, 0.2) is 18.2 Å². The standard InChI is InChI=1S/C33H45FN4O3/c1-19-26-16-27(31(19)35-20(2)39)30-29(26)32(40)38(33(30)41)18-23-6-4-3-5-22(23)17-36-12-10-25(11-13-36)37-14-9-21-7-8-24(34)15-28(21)37/h7-8,15,19,22-23,25-27,31,40-41H,3-6,9-14,16-18H2,1-2H3,(H,35,39)/t19?,22-,23-,26?,27?,31?/m0/s1. The maximum atomic E-state index is 14.0. The summed E-state index contributed by atoms with van der Waals surface area (Å²) >= 11 is 0. The Morgan fingerprint density at radius 2 is 1.66 bits per heavy atom. The number of fused-ring (bicyclic) bond motifs is 6. The SMILES string of the molecule is CC(=O)NC1C2CC(c3c2c(O)n(C[C@@H]2CCCC[C@H]2CN2CCC(N4CCc5ccc(F)cc54)CC2)c3O)C1C. The highest BCUT2D eigenvalue weighted by Crippen LogP contribution is 2.62. The lowest BCUT2D eigenvalue weighted by atomic mass is 9.78. The highest BCUT2D eigenvalue weighted by Gasteiger charge is 2.54. The smallest absolute Gasteiger partial charge is 0.217 e. The predicted octanol–water partition coefficient (Wildman–Crippen LogP) is 5.10. The summed E-state index contributed by atoms with van der Waals surface area (Å²) < 4.78 is 15.8. The third-order valence-electron chi connectivity index (χ3n) is 11.5. The average molecular weight is 565 g/mol. The van der Waals surface area contributed by atoms with Gasteiger partial charge >= 0.3 is 0 Å². The summed E-state index contributed by atoms with van der Waals surface area (Å²) in [5, 5.41) is 25.9. The molecule has 3 fully saturated rings. The van der Waals surface area contributed by atoms with Gasteiger partial charge in [-0.1, -0.05) is 25.8 Å². The molecule has 3 N–H and O–H groups in total. The number of nitrogens with one attached hydrogen (secondary N) is 1. The minimum atomic E-state index is -0.142. The van der Waals surface area contributed by atoms with Crippen LogP contribution in [-0.2, 0) is 17.8 Å². The van der Waals surface area contributed by atoms with E-state index in [0.29, 0.717) is 24.4 Å². The molecule has 2 bridgehead atoms. The van der Waals surface area contributed by atoms with E-state index in [9.17, 15) is 19.4 Å². The topological polar surface area (TPSA) is 81.0 Å². The quantitative estimate of drug-likeness (QED) is 0.455. The van der Waals surface area contributed by atoms with Crippen molar-refractivity contribution in [3.05, 3.63) is 40.7 Å². The van der Waals surface area contributed by atoms with E-state index >= 15 is 0 Å². The van der Waals surface area contributed by atoms with Gasteiger partial charge in [0.05, 0.1) is 0 Å². The van der Waals surface area contributed by atoms with Gasteiger partial charge in [-0.2, -0.15) is 0 Å². The molecular formula is C33H45FN4O3. The van der Waals surface area contributed by atoms with Crippen LogP contribution in [0.5, 0.6) is 11.8 Å². The van der Waals surface area contributed by atoms with Gasteiger partial charge in [-0.15, -0.1) is 0 Å². The number of carbonyl (C=O) groups is 1. The molecule has 1 amide bonds. The van der Waals surface area contributed by atoms with Crippen molar-refractivity contribution in [2.24, 2.45) is 17.8 Å². The number of anilines is 1. The zero-order valence-electron chi connectivity index (χ0n) is 24.5. The molecule has 7 rings (SSSR count). The van der Waals surface area contributed by atoms with Crippen LogP contribution in [-0.4, -0.2) is 63.8 Å². The average Bonchev–Trinajstić information content (AvgIpc) is 3.69. The first-order chi connectivity index (χ1) is 19.8. The molecule has 0 spiro atoms. The number of aromatic hydroxyl groups is 2. The number of hydrogen-bond acceptors (Lipinski definition) is 5. The van der Waals surface area contributed by atoms with Gasteiger partial charge in [0, 0.05) is 74.5 Å². The van der Waals surface area contributed by atoms with Crippen molar-refractivity contribution in [3.63, 3.8) is 0 Å². The van der Waals surface area contributed by atoms with Crippen molar-refractivity contribution in [3.8, 4) is 11.8 Å². The van der Waals surface area contributed by atoms with Crippen LogP contribution < -0.4 is 10.2 Å². The van der Waals surface area contributed by atoms with Gasteiger partial charge in [0.25, 0.3) is 0 Å². The lowest BCUT2D eigenvalue weighted by Gasteiger charge is -2.41. The highest BCUT2D eigenvalue weighted by molar-refractivity contribution is 5.74. The number of amides is 1. The summed E-state index contributed by atoms with van der Waals surface area (Å²) in [5.74, 6) is 1.76. The number of aromatic nitrogens is 1. The molecular weight excluding hydrogens is 519 g/mol. The predicted molar refractivity (Wildman–Crippen MR) is 157 cm³/mol. The molecule has 0 radical (unpaired) electrons. The lowest BCUT2D eigenvalue weighted by molar-refractivity contribution is -0.120. The van der Waals surface area contributed by atoms with Crippen LogP contribution in [0, 0.1) is 23.6 Å². The van der Waals surface area contributed by atoms with Gasteiger partial charge in [0.2, 0.25) is 5.91 Å². The Kier molecular flexibility index (Phi) is 6.95. The number of likely N-dealkylation sites (tertiary alicyclic amines) is 1. The fourth-order valence-electron chi connectivity index (χ4n) is 9.43. The molecule has 3 aliphatic carbocycles. The van der Waals surface area contributed by atoms with Gasteiger partial charge in [-0.25, -0.2) is 4.39 Å². The zero-order chi connectivity index (χ0) is 28.4. The second kappa shape index (κ2) is 10.5. The number of rotatable bonds is 6. The molecule has 6 atom stereocenters. The first-order valence-electron chi connectivity index (χ1n) is 16.0. The third kappa shape index (κ3) is 4.61. The summed E-state index contributed by atoms with van der Waals surface area (Å²) in [7, 11) is 0. The molecule has 4 unspecified atom stereocenters. The van der Waals surface area contributed by atoms with Gasteiger partial charge in [0.1, 0.15) is 5.82 Å². The normalized spacial score (nSPS) is 31.4. The number of nitrogens with zero attached hydrogens (tertiary/aromatic N) is 3. The van der Waals surface area contributed by atoms with Crippen LogP contribution in [0.25, 0.3) is 0 Å². The number of halogens is 1. The second-order valence-corrected chi connectivity index (χ2v) is 13.7. The molecule has 5 aliphatic rings. The Labute approximate surface area is 242 Å². The zero-order valence-corrected chi connectivity index (χ0v) is 24.5. The Morgan fingerprint density at radius 3 is 2.37 bits per heavy atom. The number of benzene rings is 1. The van der Waals surface area contributed by atoms with E-state index in [2.05, 4.69) is 22.0 Å². The molecule has 2 aromatic rings. The fourth-order valence-corrected chi connectivity index (χ4v) is 9.43. The molecule has 222 valence electrons. The summed E-state index contributed by atoms with van der Waals surface area (Å²) in [5.41, 5.74) is 4.18. The Hall–Kier alpha value is -2.74. The Balaban J connectivity index is 1.01. The molecule has 3 heterocycles. The van der Waals surface area contributed by atoms with Crippen LogP contribution in [0.2, 0.25) is 0 Å². The highest BCUT2D eigenvalue weighted by atomic mass is 19.1. The maximum Gasteiger partial charge on any atom is 0.217 e. The largest absolute Gasteiger partial charge is 0.494 e. The van der Waals surface area contributed by atoms with E-state index in [1.165, 1.54) is 24.8 Å². The van der Waals surface area contributed by atoms with E-state index in [1.807, 2.05) is 6.07 Å². The van der Waals surface area contributed by atoms with Crippen LogP contribution in [0.1, 0.15) is 87.3 Å². The van der Waals surface area contributed by atoms with E-state index in [-0.39, 0.29) is 47.3 Å². The van der Waals surface area contributed by atoms with Gasteiger partial charge in [-0.3, -0.25) is 9.36 Å². The van der Waals surface area contributed by atoms with E-state index in [0.717, 1.165) is 75.1 Å². The minimum absolute atomic E-state index is 0.0181. The first kappa shape index (κ1) is 27.1. The van der Waals surface area contributed by atoms with Gasteiger partial charge < -0.3 is 25.3 Å². The van der Waals surface area contributed by atoms with Crippen LogP contribution in [0.3, 0.4) is 0 Å². The van der Waals surface area contributed by atoms with E-state index in [1.54, 1.807) is 23.6 Å². The third-order valence-corrected chi connectivity index (χ3v) is 11.5. The first-order valence-corrected chi connectivity index (χ1v) is 16.0. The number of carbonyl (C=O) groups excluding carboxylic acids is 1. The number of piperidine rings is 1. The van der Waals surface area contributed by atoms with Gasteiger partial charge in [0.15, 0.2) is 11.8 Å². The summed E-state index contributed by atoms with van der Waals surface area (Å²) in [6.45, 7) is 8.56. The molecule has 1 saturated heterocycles. The molecule has 2 aliphatic heterocycles. The Bertz CT molecular complexity index is 1320. The van der Waals surface area contributed by atoms with Crippen molar-refractivity contribution in [2.45, 2.75) is 95.7 Å². The van der Waals surface area contributed by atoms with Crippen molar-refractivity contribution in [2.75, 3.05) is 31.1 Å². The van der Waals surface area contributed by atoms with Crippen molar-refractivity contribution in [1.29, 1.82) is 0 Å². The minimum Gasteiger partial charge on any atom is -0.494 e. The molecule has 8 heteroatoms. The van der Waals surface area contributed by atoms with Crippen molar-refractivity contribution in [1.82, 2.24) is 14.8 Å². The summed E-state index contributed by atoms with van der Waals surface area (Å²) in [6.07, 6.45) is 8.87. The van der Waals surface area contributed by atoms with Gasteiger partial charge in [-0.05, 0) is 79.9 Å². The molecule has 41 heavy (non-hydrogen) atoms. The second-order valence-electron chi connectivity index (χ2n) is 13.7. The Morgan fingerprint density at radius 1 is 0.976 bits per heavy atom.